The summed E-state index contributed by atoms with van der Waals surface area (Å²) in [5.41, 5.74) is -0.448. The Morgan fingerprint density at radius 3 is 2.18 bits per heavy atom. The maximum absolute atomic E-state index is 12.5. The normalized spacial score (nSPS) is 31.9. The smallest absolute Gasteiger partial charge is 0.462 e. The van der Waals surface area contributed by atoms with E-state index in [1.54, 1.807) is 0 Å². The lowest BCUT2D eigenvalue weighted by atomic mass is 9.74. The highest BCUT2D eigenvalue weighted by Crippen LogP contribution is 2.63. The molecule has 22 heavy (non-hydrogen) atoms. The van der Waals surface area contributed by atoms with Crippen LogP contribution < -0.4 is 0 Å². The highest BCUT2D eigenvalue weighted by atomic mass is 16.7. The molecular formula is C17H23BO4. The van der Waals surface area contributed by atoms with Gasteiger partial charge in [0.2, 0.25) is 0 Å². The molecule has 0 N–H and O–H groups in total. The highest BCUT2D eigenvalue weighted by Gasteiger charge is 2.71. The summed E-state index contributed by atoms with van der Waals surface area (Å²) in [4.78, 5) is 12.5. The van der Waals surface area contributed by atoms with Crippen molar-refractivity contribution in [1.29, 1.82) is 0 Å². The summed E-state index contributed by atoms with van der Waals surface area (Å²) in [6.45, 7) is 8.10. The number of ether oxygens (including phenoxy) is 1. The second kappa shape index (κ2) is 4.83. The van der Waals surface area contributed by atoms with Crippen LogP contribution in [0.4, 0.5) is 0 Å². The molecule has 0 unspecified atom stereocenters. The van der Waals surface area contributed by atoms with Gasteiger partial charge in [-0.25, -0.2) is 0 Å². The Balaban J connectivity index is 1.90. The quantitative estimate of drug-likeness (QED) is 0.636. The van der Waals surface area contributed by atoms with E-state index in [4.69, 9.17) is 14.0 Å². The first-order valence-electron chi connectivity index (χ1n) is 7.74. The van der Waals surface area contributed by atoms with Gasteiger partial charge in [0, 0.05) is 5.82 Å². The number of benzene rings is 1. The third-order valence-electron chi connectivity index (χ3n) is 5.45. The van der Waals surface area contributed by atoms with Crippen LogP contribution >= 0.6 is 0 Å². The highest BCUT2D eigenvalue weighted by molar-refractivity contribution is 6.50. The molecule has 1 heterocycles. The number of hydrogen-bond acceptors (Lipinski definition) is 4. The van der Waals surface area contributed by atoms with Crippen LogP contribution in [0.15, 0.2) is 30.3 Å². The lowest BCUT2D eigenvalue weighted by Gasteiger charge is -2.32. The van der Waals surface area contributed by atoms with E-state index in [1.165, 1.54) is 7.11 Å². The van der Waals surface area contributed by atoms with Crippen LogP contribution in [-0.2, 0) is 24.3 Å². The van der Waals surface area contributed by atoms with E-state index < -0.39 is 16.6 Å². The van der Waals surface area contributed by atoms with E-state index in [1.807, 2.05) is 58.0 Å². The molecule has 4 nitrogen and oxygen atoms in total. The summed E-state index contributed by atoms with van der Waals surface area (Å²) in [7, 11) is 1.05. The Hall–Kier alpha value is -1.33. The van der Waals surface area contributed by atoms with Gasteiger partial charge < -0.3 is 14.0 Å². The minimum atomic E-state index is -0.642. The topological polar surface area (TPSA) is 44.8 Å². The third-order valence-corrected chi connectivity index (χ3v) is 5.45. The zero-order valence-electron chi connectivity index (χ0n) is 13.9. The van der Waals surface area contributed by atoms with Gasteiger partial charge in [-0.2, -0.15) is 0 Å². The van der Waals surface area contributed by atoms with Gasteiger partial charge >= 0.3 is 13.1 Å². The van der Waals surface area contributed by atoms with Crippen molar-refractivity contribution in [3.05, 3.63) is 35.9 Å². The molecule has 118 valence electrons. The van der Waals surface area contributed by atoms with Gasteiger partial charge in [0.1, 0.15) is 0 Å². The second-order valence-corrected chi connectivity index (χ2v) is 7.26. The fraction of sp³-hybridized carbons (Fsp3) is 0.588. The fourth-order valence-electron chi connectivity index (χ4n) is 3.27. The summed E-state index contributed by atoms with van der Waals surface area (Å²) in [5.74, 6) is -0.221. The summed E-state index contributed by atoms with van der Waals surface area (Å²) in [5, 5.41) is 0. The molecule has 0 bridgehead atoms. The first-order valence-corrected chi connectivity index (χ1v) is 7.74. The van der Waals surface area contributed by atoms with Gasteiger partial charge in [0.05, 0.1) is 23.7 Å². The number of carbonyl (C=O) groups excluding carboxylic acids is 1. The van der Waals surface area contributed by atoms with Crippen molar-refractivity contribution < 1.29 is 18.8 Å². The molecular weight excluding hydrogens is 279 g/mol. The third kappa shape index (κ3) is 2.10. The van der Waals surface area contributed by atoms with Crippen molar-refractivity contribution in [2.45, 2.75) is 56.6 Å². The average molecular weight is 302 g/mol. The van der Waals surface area contributed by atoms with Gasteiger partial charge in [-0.05, 0) is 39.7 Å². The van der Waals surface area contributed by atoms with Crippen molar-refractivity contribution >= 4 is 13.1 Å². The Bertz CT molecular complexity index is 568. The molecule has 2 aliphatic rings. The molecule has 0 aromatic heterocycles. The summed E-state index contributed by atoms with van der Waals surface area (Å²) in [6.07, 6.45) is 0.695. The predicted molar refractivity (Wildman–Crippen MR) is 84.6 cm³/mol. The molecule has 0 spiro atoms. The SMILES string of the molecule is COC(=O)[C@@]1(c2ccccc2)C[C@H]1B1OC(C)(C)C(C)(C)O1. The van der Waals surface area contributed by atoms with E-state index in [0.717, 1.165) is 5.56 Å². The Morgan fingerprint density at radius 1 is 1.14 bits per heavy atom. The molecule has 1 saturated carbocycles. The molecule has 1 aromatic carbocycles. The van der Waals surface area contributed by atoms with Crippen LogP contribution in [0, 0.1) is 0 Å². The largest absolute Gasteiger partial charge is 0.468 e. The molecule has 3 rings (SSSR count). The number of carbonyl (C=O) groups is 1. The molecule has 0 amide bonds. The first kappa shape index (κ1) is 15.6. The Morgan fingerprint density at radius 2 is 1.68 bits per heavy atom. The van der Waals surface area contributed by atoms with Crippen LogP contribution in [0.2, 0.25) is 5.82 Å². The average Bonchev–Trinajstić information content (AvgIpc) is 3.18. The van der Waals surface area contributed by atoms with Gasteiger partial charge in [0.15, 0.2) is 0 Å². The van der Waals surface area contributed by atoms with E-state index in [9.17, 15) is 4.79 Å². The van der Waals surface area contributed by atoms with Crippen LogP contribution in [-0.4, -0.2) is 31.4 Å². The molecule has 1 saturated heterocycles. The first-order chi connectivity index (χ1) is 10.2. The van der Waals surface area contributed by atoms with E-state index in [-0.39, 0.29) is 18.9 Å². The lowest BCUT2D eigenvalue weighted by Crippen LogP contribution is -2.41. The zero-order chi connectivity index (χ0) is 16.2. The molecule has 5 heteroatoms. The number of hydrogen-bond donors (Lipinski definition) is 0. The van der Waals surface area contributed by atoms with Crippen LogP contribution in [0.1, 0.15) is 39.7 Å². The summed E-state index contributed by atoms with van der Waals surface area (Å²) >= 11 is 0. The maximum Gasteiger partial charge on any atom is 0.462 e. The van der Waals surface area contributed by atoms with Crippen LogP contribution in [0.5, 0.6) is 0 Å². The second-order valence-electron chi connectivity index (χ2n) is 7.26. The predicted octanol–water partition coefficient (Wildman–Crippen LogP) is 2.96. The molecule has 1 aliphatic heterocycles. The number of methoxy groups -OCH3 is 1. The van der Waals surface area contributed by atoms with E-state index >= 15 is 0 Å². The molecule has 2 atom stereocenters. The monoisotopic (exact) mass is 302 g/mol. The van der Waals surface area contributed by atoms with Crippen molar-refractivity contribution in [2.75, 3.05) is 7.11 Å². The summed E-state index contributed by atoms with van der Waals surface area (Å²) in [6, 6.07) is 9.78. The minimum Gasteiger partial charge on any atom is -0.468 e. The standard InChI is InChI=1S/C17H23BO4/c1-15(2)16(3,4)22-18(21-15)13-11-17(13,14(19)20-5)12-9-7-6-8-10-12/h6-10,13H,11H2,1-5H3/t13-,17-/m1/s1. The Kier molecular flexibility index (Phi) is 3.42. The molecule has 1 aromatic rings. The van der Waals surface area contributed by atoms with Crippen molar-refractivity contribution in [2.24, 2.45) is 0 Å². The summed E-state index contributed by atoms with van der Waals surface area (Å²) < 4.78 is 17.3. The molecule has 1 aliphatic carbocycles. The van der Waals surface area contributed by atoms with Crippen molar-refractivity contribution in [1.82, 2.24) is 0 Å². The minimum absolute atomic E-state index is 0.0107. The van der Waals surface area contributed by atoms with Gasteiger partial charge in [-0.3, -0.25) is 4.79 Å². The van der Waals surface area contributed by atoms with Crippen molar-refractivity contribution in [3.63, 3.8) is 0 Å². The lowest BCUT2D eigenvalue weighted by molar-refractivity contribution is -0.143. The maximum atomic E-state index is 12.5. The van der Waals surface area contributed by atoms with Crippen LogP contribution in [0.3, 0.4) is 0 Å². The molecule has 2 fully saturated rings. The fourth-order valence-corrected chi connectivity index (χ4v) is 3.27. The zero-order valence-corrected chi connectivity index (χ0v) is 13.9. The van der Waals surface area contributed by atoms with Crippen molar-refractivity contribution in [3.8, 4) is 0 Å². The van der Waals surface area contributed by atoms with Gasteiger partial charge in [-0.15, -0.1) is 0 Å². The van der Waals surface area contributed by atoms with E-state index in [2.05, 4.69) is 0 Å². The molecule has 0 radical (unpaired) electrons. The number of rotatable bonds is 3. The van der Waals surface area contributed by atoms with Gasteiger partial charge in [-0.1, -0.05) is 30.3 Å². The van der Waals surface area contributed by atoms with Crippen LogP contribution in [0.25, 0.3) is 0 Å². The van der Waals surface area contributed by atoms with E-state index in [0.29, 0.717) is 6.42 Å². The van der Waals surface area contributed by atoms with Gasteiger partial charge in [0.25, 0.3) is 0 Å². The number of esters is 1. The Labute approximate surface area is 132 Å².